The predicted molar refractivity (Wildman–Crippen MR) is 136 cm³/mol. The molecule has 2 aromatic rings. The Labute approximate surface area is 198 Å². The van der Waals surface area contributed by atoms with E-state index in [4.69, 9.17) is 9.47 Å². The van der Waals surface area contributed by atoms with E-state index in [1.54, 1.807) is 26.5 Å². The number of methoxy groups -OCH3 is 2. The molecule has 1 heterocycles. The van der Waals surface area contributed by atoms with Crippen LogP contribution in [-0.4, -0.2) is 31.2 Å². The number of amides is 1. The fraction of sp³-hybridized carbons (Fsp3) is 0.429. The average molecular weight is 451 g/mol. The number of benzene rings is 1. The fourth-order valence-electron chi connectivity index (χ4n) is 3.66. The molecule has 0 spiro atoms. The van der Waals surface area contributed by atoms with Gasteiger partial charge in [-0.2, -0.15) is 0 Å². The van der Waals surface area contributed by atoms with Crippen molar-refractivity contribution in [1.82, 2.24) is 10.3 Å². The van der Waals surface area contributed by atoms with E-state index < -0.39 is 0 Å². The molecule has 0 radical (unpaired) electrons. The summed E-state index contributed by atoms with van der Waals surface area (Å²) in [4.78, 5) is 16.5. The molecule has 1 atom stereocenters. The van der Waals surface area contributed by atoms with Crippen LogP contribution in [0.4, 0.5) is 0 Å². The van der Waals surface area contributed by atoms with Gasteiger partial charge in [0.25, 0.3) is 0 Å². The summed E-state index contributed by atoms with van der Waals surface area (Å²) in [6.07, 6.45) is 16.4. The zero-order valence-electron chi connectivity index (χ0n) is 20.5. The third-order valence-electron chi connectivity index (χ3n) is 5.53. The molecule has 0 saturated carbocycles. The Hall–Kier alpha value is -3.08. The minimum Gasteiger partial charge on any atom is -0.497 e. The first-order valence-electron chi connectivity index (χ1n) is 11.9. The molecular formula is C28H38N2O3. The number of hydrogen-bond donors (Lipinski definition) is 1. The van der Waals surface area contributed by atoms with Crippen LogP contribution in [-0.2, 0) is 11.2 Å². The quantitative estimate of drug-likeness (QED) is 0.213. The first kappa shape index (κ1) is 26.2. The minimum absolute atomic E-state index is 0.0729. The number of nitrogens with zero attached hydrogens (tertiary/aromatic N) is 1. The highest BCUT2D eigenvalue weighted by atomic mass is 16.5. The molecule has 0 fully saturated rings. The van der Waals surface area contributed by atoms with Crippen LogP contribution in [0.5, 0.6) is 11.5 Å². The number of aromatic nitrogens is 1. The molecule has 0 unspecified atom stereocenters. The van der Waals surface area contributed by atoms with E-state index in [0.717, 1.165) is 61.2 Å². The molecule has 0 aliphatic heterocycles. The summed E-state index contributed by atoms with van der Waals surface area (Å²) < 4.78 is 10.9. The Balaban J connectivity index is 1.96. The third kappa shape index (κ3) is 9.94. The summed E-state index contributed by atoms with van der Waals surface area (Å²) in [6.45, 7) is 4.24. The highest BCUT2D eigenvalue weighted by molar-refractivity contribution is 5.88. The maximum atomic E-state index is 12.4. The van der Waals surface area contributed by atoms with E-state index in [0.29, 0.717) is 0 Å². The molecule has 5 heteroatoms. The van der Waals surface area contributed by atoms with Gasteiger partial charge >= 0.3 is 0 Å². The van der Waals surface area contributed by atoms with Gasteiger partial charge in [-0.15, -0.1) is 0 Å². The van der Waals surface area contributed by atoms with Gasteiger partial charge in [0.1, 0.15) is 11.5 Å². The molecule has 1 N–H and O–H groups in total. The predicted octanol–water partition coefficient (Wildman–Crippen LogP) is 6.15. The van der Waals surface area contributed by atoms with Crippen LogP contribution in [0.1, 0.15) is 63.5 Å². The van der Waals surface area contributed by atoms with Gasteiger partial charge in [-0.3, -0.25) is 9.78 Å². The van der Waals surface area contributed by atoms with Gasteiger partial charge in [-0.1, -0.05) is 38.0 Å². The number of carbonyl (C=O) groups excluding carboxylic acids is 1. The number of ether oxygens (including phenoxy) is 2. The average Bonchev–Trinajstić information content (AvgIpc) is 2.83. The van der Waals surface area contributed by atoms with Crippen molar-refractivity contribution in [1.29, 1.82) is 0 Å². The lowest BCUT2D eigenvalue weighted by Crippen LogP contribution is -2.31. The standard InChI is InChI=1S/C28H38N2O3/c1-5-6-7-14-24(25-18-26(32-3)20-27(19-25)33-4)15-9-16-28(31)30-22(2)11-8-12-23-13-10-17-29-21-23/h9-10,13,15-22H,5-8,11-12,14H2,1-4H3,(H,30,31)/b16-9+,24-15+/t22-/m1/s1. The number of rotatable bonds is 14. The number of pyridine rings is 1. The van der Waals surface area contributed by atoms with Crippen LogP contribution in [0.15, 0.2) is 61.0 Å². The van der Waals surface area contributed by atoms with Crippen LogP contribution in [0.3, 0.4) is 0 Å². The Morgan fingerprint density at radius 1 is 1.12 bits per heavy atom. The van der Waals surface area contributed by atoms with E-state index in [2.05, 4.69) is 23.3 Å². The molecule has 1 amide bonds. The van der Waals surface area contributed by atoms with E-state index in [1.807, 2.05) is 49.5 Å². The van der Waals surface area contributed by atoms with Crippen molar-refractivity contribution >= 4 is 11.5 Å². The first-order chi connectivity index (χ1) is 16.0. The van der Waals surface area contributed by atoms with Crippen LogP contribution in [0, 0.1) is 0 Å². The van der Waals surface area contributed by atoms with Crippen LogP contribution in [0.25, 0.3) is 5.57 Å². The Kier molecular flexibility index (Phi) is 11.8. The van der Waals surface area contributed by atoms with Crippen molar-refractivity contribution in [3.8, 4) is 11.5 Å². The van der Waals surface area contributed by atoms with E-state index in [9.17, 15) is 4.79 Å². The molecule has 1 aromatic carbocycles. The second-order valence-corrected chi connectivity index (χ2v) is 8.27. The zero-order chi connectivity index (χ0) is 23.9. The molecule has 0 saturated heterocycles. The summed E-state index contributed by atoms with van der Waals surface area (Å²) in [6, 6.07) is 10.1. The number of aryl methyl sites for hydroxylation is 1. The summed E-state index contributed by atoms with van der Waals surface area (Å²) >= 11 is 0. The van der Waals surface area contributed by atoms with Crippen LogP contribution in [0.2, 0.25) is 0 Å². The van der Waals surface area contributed by atoms with Crippen molar-refractivity contribution in [3.63, 3.8) is 0 Å². The van der Waals surface area contributed by atoms with E-state index in [-0.39, 0.29) is 11.9 Å². The van der Waals surface area contributed by atoms with Crippen molar-refractivity contribution in [3.05, 3.63) is 72.1 Å². The Bertz CT molecular complexity index is 884. The van der Waals surface area contributed by atoms with E-state index in [1.165, 1.54) is 12.0 Å². The number of carbonyl (C=O) groups is 1. The molecule has 5 nitrogen and oxygen atoms in total. The Morgan fingerprint density at radius 2 is 1.88 bits per heavy atom. The highest BCUT2D eigenvalue weighted by Gasteiger charge is 2.08. The van der Waals surface area contributed by atoms with Gasteiger partial charge in [0.15, 0.2) is 0 Å². The van der Waals surface area contributed by atoms with Gasteiger partial charge in [0, 0.05) is 30.6 Å². The first-order valence-corrected chi connectivity index (χ1v) is 11.9. The molecule has 0 bridgehead atoms. The van der Waals surface area contributed by atoms with Gasteiger partial charge in [-0.25, -0.2) is 0 Å². The maximum absolute atomic E-state index is 12.4. The van der Waals surface area contributed by atoms with Gasteiger partial charge in [0.2, 0.25) is 5.91 Å². The number of hydrogen-bond acceptors (Lipinski definition) is 4. The largest absolute Gasteiger partial charge is 0.497 e. The summed E-state index contributed by atoms with van der Waals surface area (Å²) in [5, 5.41) is 3.06. The summed E-state index contributed by atoms with van der Waals surface area (Å²) in [5.74, 6) is 1.44. The highest BCUT2D eigenvalue weighted by Crippen LogP contribution is 2.30. The lowest BCUT2D eigenvalue weighted by molar-refractivity contribution is -0.117. The topological polar surface area (TPSA) is 60.5 Å². The minimum atomic E-state index is -0.0729. The third-order valence-corrected chi connectivity index (χ3v) is 5.53. The number of allylic oxidation sites excluding steroid dienone is 3. The Morgan fingerprint density at radius 3 is 2.52 bits per heavy atom. The van der Waals surface area contributed by atoms with Gasteiger partial charge in [0.05, 0.1) is 14.2 Å². The molecule has 1 aromatic heterocycles. The smallest absolute Gasteiger partial charge is 0.244 e. The van der Waals surface area contributed by atoms with Crippen molar-refractivity contribution < 1.29 is 14.3 Å². The molecule has 178 valence electrons. The molecular weight excluding hydrogens is 412 g/mol. The van der Waals surface area contributed by atoms with Gasteiger partial charge in [-0.05, 0) is 73.9 Å². The van der Waals surface area contributed by atoms with Crippen molar-refractivity contribution in [2.24, 2.45) is 0 Å². The summed E-state index contributed by atoms with van der Waals surface area (Å²) in [7, 11) is 3.31. The second-order valence-electron chi connectivity index (χ2n) is 8.27. The number of nitrogens with one attached hydrogen (secondary N) is 1. The molecule has 33 heavy (non-hydrogen) atoms. The van der Waals surface area contributed by atoms with Crippen LogP contribution >= 0.6 is 0 Å². The number of unbranched alkanes of at least 4 members (excludes halogenated alkanes) is 2. The normalized spacial score (nSPS) is 12.5. The molecule has 2 rings (SSSR count). The second kappa shape index (κ2) is 14.9. The lowest BCUT2D eigenvalue weighted by Gasteiger charge is -2.12. The SMILES string of the molecule is CCCCC/C(=C\C=C\C(=O)N[C@H](C)CCCc1cccnc1)c1cc(OC)cc(OC)c1. The zero-order valence-corrected chi connectivity index (χ0v) is 20.5. The van der Waals surface area contributed by atoms with E-state index >= 15 is 0 Å². The van der Waals surface area contributed by atoms with Gasteiger partial charge < -0.3 is 14.8 Å². The lowest BCUT2D eigenvalue weighted by atomic mass is 9.98. The monoisotopic (exact) mass is 450 g/mol. The fourth-order valence-corrected chi connectivity index (χ4v) is 3.66. The maximum Gasteiger partial charge on any atom is 0.244 e. The van der Waals surface area contributed by atoms with Crippen molar-refractivity contribution in [2.75, 3.05) is 14.2 Å². The molecule has 0 aliphatic carbocycles. The summed E-state index contributed by atoms with van der Waals surface area (Å²) in [5.41, 5.74) is 3.44. The van der Waals surface area contributed by atoms with Crippen molar-refractivity contribution in [2.45, 2.75) is 64.8 Å². The molecule has 0 aliphatic rings. The van der Waals surface area contributed by atoms with Crippen LogP contribution < -0.4 is 14.8 Å².